The predicted octanol–water partition coefficient (Wildman–Crippen LogP) is 1.86. The number of carbonyl (C=O) groups is 5. The number of aliphatic carboxylic acids is 1. The topological polar surface area (TPSA) is 150 Å². The number of halogens is 1. The average molecular weight is 465 g/mol. The van der Waals surface area contributed by atoms with Crippen LogP contribution in [0, 0.1) is 0 Å². The molecule has 4 rings (SSSR count). The molecule has 12 heteroatoms. The molecule has 3 amide bonds. The molecule has 0 spiro atoms. The molecule has 3 heterocycles. The van der Waals surface area contributed by atoms with Gasteiger partial charge in [0.2, 0.25) is 0 Å². The normalized spacial score (nSPS) is 17.3. The lowest BCUT2D eigenvalue weighted by molar-refractivity contribution is -0.147. The van der Waals surface area contributed by atoms with Crippen LogP contribution < -0.4 is 5.32 Å². The minimum Gasteiger partial charge on any atom is -0.478 e. The van der Waals surface area contributed by atoms with E-state index >= 15 is 0 Å². The SMILES string of the molecule is O=C(O)C(=O)Nc1sc2c(c1C(=O)O)CC(CN1C(=O)c3cccc(Cl)c3C1=O)OC2. The van der Waals surface area contributed by atoms with Crippen molar-refractivity contribution in [3.05, 3.63) is 50.4 Å². The molecule has 3 N–H and O–H groups in total. The Balaban J connectivity index is 1.58. The largest absolute Gasteiger partial charge is 0.478 e. The van der Waals surface area contributed by atoms with E-state index in [1.165, 1.54) is 12.1 Å². The van der Waals surface area contributed by atoms with E-state index in [1.54, 1.807) is 6.07 Å². The van der Waals surface area contributed by atoms with Crippen molar-refractivity contribution in [1.82, 2.24) is 4.90 Å². The second-order valence-electron chi connectivity index (χ2n) is 6.79. The van der Waals surface area contributed by atoms with Gasteiger partial charge in [-0.25, -0.2) is 9.59 Å². The molecule has 2 aliphatic rings. The van der Waals surface area contributed by atoms with Crippen LogP contribution in [0.15, 0.2) is 18.2 Å². The summed E-state index contributed by atoms with van der Waals surface area (Å²) in [5.74, 6) is -5.53. The fourth-order valence-corrected chi connectivity index (χ4v) is 4.97. The molecule has 1 atom stereocenters. The first-order chi connectivity index (χ1) is 14.7. The molecular weight excluding hydrogens is 452 g/mol. The summed E-state index contributed by atoms with van der Waals surface area (Å²) in [5, 5.41) is 20.5. The Morgan fingerprint density at radius 2 is 1.97 bits per heavy atom. The van der Waals surface area contributed by atoms with Crippen LogP contribution in [0.5, 0.6) is 0 Å². The summed E-state index contributed by atoms with van der Waals surface area (Å²) in [7, 11) is 0. The number of carboxylic acids is 2. The number of carbonyl (C=O) groups excluding carboxylic acids is 3. The molecule has 0 bridgehead atoms. The number of hydrogen-bond donors (Lipinski definition) is 3. The molecular formula is C19H13ClN2O8S. The lowest BCUT2D eigenvalue weighted by Crippen LogP contribution is -2.40. The zero-order valence-corrected chi connectivity index (χ0v) is 17.1. The van der Waals surface area contributed by atoms with Gasteiger partial charge in [-0.3, -0.25) is 19.3 Å². The molecule has 31 heavy (non-hydrogen) atoms. The zero-order valence-electron chi connectivity index (χ0n) is 15.5. The highest BCUT2D eigenvalue weighted by Crippen LogP contribution is 2.38. The summed E-state index contributed by atoms with van der Waals surface area (Å²) in [6.45, 7) is -0.133. The van der Waals surface area contributed by atoms with Crippen LogP contribution in [-0.4, -0.2) is 57.4 Å². The van der Waals surface area contributed by atoms with Gasteiger partial charge in [-0.05, 0) is 17.7 Å². The zero-order chi connectivity index (χ0) is 22.4. The maximum absolute atomic E-state index is 12.7. The van der Waals surface area contributed by atoms with Crippen molar-refractivity contribution in [1.29, 1.82) is 0 Å². The van der Waals surface area contributed by atoms with Crippen molar-refractivity contribution < 1.29 is 38.9 Å². The Bertz CT molecular complexity index is 1170. The van der Waals surface area contributed by atoms with Crippen LogP contribution in [0.1, 0.15) is 41.5 Å². The Hall–Kier alpha value is -3.28. The van der Waals surface area contributed by atoms with Crippen LogP contribution in [0.25, 0.3) is 0 Å². The molecule has 1 unspecified atom stereocenters. The predicted molar refractivity (Wildman–Crippen MR) is 107 cm³/mol. The number of amides is 3. The number of rotatable bonds is 4. The monoisotopic (exact) mass is 464 g/mol. The molecule has 1 aromatic heterocycles. The van der Waals surface area contributed by atoms with Crippen LogP contribution in [-0.2, 0) is 27.4 Å². The van der Waals surface area contributed by atoms with Crippen molar-refractivity contribution in [2.45, 2.75) is 19.1 Å². The first-order valence-electron chi connectivity index (χ1n) is 8.87. The van der Waals surface area contributed by atoms with Gasteiger partial charge in [-0.15, -0.1) is 11.3 Å². The average Bonchev–Trinajstić information content (AvgIpc) is 3.18. The van der Waals surface area contributed by atoms with E-state index in [1.807, 2.05) is 0 Å². The second-order valence-corrected chi connectivity index (χ2v) is 8.31. The Kier molecular flexibility index (Phi) is 5.25. The van der Waals surface area contributed by atoms with Crippen molar-refractivity contribution in [3.63, 3.8) is 0 Å². The van der Waals surface area contributed by atoms with Crippen molar-refractivity contribution in [2.24, 2.45) is 0 Å². The number of fused-ring (bicyclic) bond motifs is 2. The van der Waals surface area contributed by atoms with E-state index in [9.17, 15) is 29.1 Å². The maximum Gasteiger partial charge on any atom is 0.394 e. The molecule has 0 saturated heterocycles. The van der Waals surface area contributed by atoms with E-state index in [-0.39, 0.29) is 46.3 Å². The highest BCUT2D eigenvalue weighted by molar-refractivity contribution is 7.17. The standard InChI is InChI=1S/C19H13ClN2O8S/c20-10-3-1-2-8-12(10)17(25)22(16(8)24)5-7-4-9-11(6-30-7)31-15(13(9)18(26)27)21-14(23)19(28)29/h1-3,7H,4-6H2,(H,21,23)(H,26,27)(H,28,29). The highest BCUT2D eigenvalue weighted by atomic mass is 35.5. The molecule has 0 aliphatic carbocycles. The van der Waals surface area contributed by atoms with Gasteiger partial charge in [-0.1, -0.05) is 17.7 Å². The van der Waals surface area contributed by atoms with Gasteiger partial charge in [0.25, 0.3) is 11.8 Å². The Labute approximate surface area is 183 Å². The third-order valence-corrected chi connectivity index (χ3v) is 6.38. The highest BCUT2D eigenvalue weighted by Gasteiger charge is 2.40. The van der Waals surface area contributed by atoms with Gasteiger partial charge in [0, 0.05) is 11.3 Å². The first kappa shape index (κ1) is 21.0. The van der Waals surface area contributed by atoms with Crippen molar-refractivity contribution in [2.75, 3.05) is 11.9 Å². The third kappa shape index (κ3) is 3.56. The lowest BCUT2D eigenvalue weighted by Gasteiger charge is -2.26. The van der Waals surface area contributed by atoms with Crippen LogP contribution in [0.3, 0.4) is 0 Å². The molecule has 2 aliphatic heterocycles. The van der Waals surface area contributed by atoms with Crippen molar-refractivity contribution in [3.8, 4) is 0 Å². The number of benzene rings is 1. The summed E-state index contributed by atoms with van der Waals surface area (Å²) in [4.78, 5) is 60.9. The first-order valence-corrected chi connectivity index (χ1v) is 10.1. The number of anilines is 1. The van der Waals surface area contributed by atoms with E-state index < -0.39 is 35.8 Å². The van der Waals surface area contributed by atoms with E-state index in [2.05, 4.69) is 5.32 Å². The van der Waals surface area contributed by atoms with Crippen LogP contribution in [0.4, 0.5) is 5.00 Å². The summed E-state index contributed by atoms with van der Waals surface area (Å²) in [5.41, 5.74) is 0.443. The summed E-state index contributed by atoms with van der Waals surface area (Å²) in [6.07, 6.45) is -0.637. The minimum absolute atomic E-state index is 0.0161. The number of nitrogens with one attached hydrogen (secondary N) is 1. The maximum atomic E-state index is 12.7. The Morgan fingerprint density at radius 1 is 1.23 bits per heavy atom. The fourth-order valence-electron chi connectivity index (χ4n) is 3.57. The van der Waals surface area contributed by atoms with Gasteiger partial charge in [-0.2, -0.15) is 0 Å². The van der Waals surface area contributed by atoms with Gasteiger partial charge in [0.05, 0.1) is 41.0 Å². The molecule has 1 aromatic carbocycles. The number of thiophene rings is 1. The number of ether oxygens (including phenoxy) is 1. The summed E-state index contributed by atoms with van der Waals surface area (Å²) < 4.78 is 5.70. The summed E-state index contributed by atoms with van der Waals surface area (Å²) in [6, 6.07) is 4.58. The smallest absolute Gasteiger partial charge is 0.394 e. The lowest BCUT2D eigenvalue weighted by atomic mass is 10.0. The van der Waals surface area contributed by atoms with Crippen LogP contribution >= 0.6 is 22.9 Å². The molecule has 160 valence electrons. The van der Waals surface area contributed by atoms with Gasteiger partial charge in [0.1, 0.15) is 5.00 Å². The van der Waals surface area contributed by atoms with E-state index in [0.717, 1.165) is 16.2 Å². The van der Waals surface area contributed by atoms with Gasteiger partial charge < -0.3 is 20.3 Å². The van der Waals surface area contributed by atoms with E-state index in [0.29, 0.717) is 10.4 Å². The number of aromatic carboxylic acids is 1. The number of hydrogen-bond acceptors (Lipinski definition) is 7. The molecule has 0 fully saturated rings. The van der Waals surface area contributed by atoms with Gasteiger partial charge in [0.15, 0.2) is 0 Å². The van der Waals surface area contributed by atoms with Crippen LogP contribution in [0.2, 0.25) is 5.02 Å². The van der Waals surface area contributed by atoms with E-state index in [4.69, 9.17) is 21.4 Å². The number of carboxylic acid groups (broad SMARTS) is 2. The molecule has 10 nitrogen and oxygen atoms in total. The molecule has 0 saturated carbocycles. The fraction of sp³-hybridized carbons (Fsp3) is 0.211. The second kappa shape index (κ2) is 7.76. The molecule has 0 radical (unpaired) electrons. The quantitative estimate of drug-likeness (QED) is 0.458. The number of imide groups is 1. The summed E-state index contributed by atoms with van der Waals surface area (Å²) >= 11 is 6.96. The Morgan fingerprint density at radius 3 is 2.61 bits per heavy atom. The van der Waals surface area contributed by atoms with Gasteiger partial charge >= 0.3 is 17.8 Å². The minimum atomic E-state index is -1.75. The van der Waals surface area contributed by atoms with Crippen molar-refractivity contribution >= 4 is 57.6 Å². The number of nitrogens with zero attached hydrogens (tertiary/aromatic N) is 1. The molecule has 2 aromatic rings. The third-order valence-electron chi connectivity index (χ3n) is 4.94.